The number of anilines is 1. The van der Waals surface area contributed by atoms with Crippen LogP contribution in [0.3, 0.4) is 0 Å². The molecule has 0 saturated heterocycles. The molecule has 1 unspecified atom stereocenters. The predicted octanol–water partition coefficient (Wildman–Crippen LogP) is 2.84. The zero-order valence-electron chi connectivity index (χ0n) is 11.6. The summed E-state index contributed by atoms with van der Waals surface area (Å²) in [6, 6.07) is 8.16. The van der Waals surface area contributed by atoms with Crippen LogP contribution in [-0.4, -0.2) is 30.9 Å². The smallest absolute Gasteiger partial charge is 0.231 e. The Hall–Kier alpha value is -1.51. The van der Waals surface area contributed by atoms with Crippen molar-refractivity contribution in [2.75, 3.05) is 25.5 Å². The first kappa shape index (κ1) is 12.5. The van der Waals surface area contributed by atoms with Gasteiger partial charge in [-0.25, -0.2) is 0 Å². The van der Waals surface area contributed by atoms with E-state index < -0.39 is 0 Å². The molecule has 0 radical (unpaired) electrons. The third kappa shape index (κ3) is 2.46. The number of para-hydroxylation sites is 1. The van der Waals surface area contributed by atoms with Crippen molar-refractivity contribution >= 4 is 11.6 Å². The van der Waals surface area contributed by atoms with Gasteiger partial charge in [0.1, 0.15) is 0 Å². The Bertz CT molecular complexity index is 466. The van der Waals surface area contributed by atoms with Crippen molar-refractivity contribution < 1.29 is 4.79 Å². The average Bonchev–Trinajstić information content (AvgIpc) is 3.06. The Morgan fingerprint density at radius 1 is 1.32 bits per heavy atom. The highest BCUT2D eigenvalue weighted by Crippen LogP contribution is 2.33. The Morgan fingerprint density at radius 2 is 2.05 bits per heavy atom. The first-order chi connectivity index (χ1) is 9.25. The molecular weight excluding hydrogens is 236 g/mol. The SMILES string of the molecule is CN(CC1CCCC1)C(=O)C1CNc2ccccc21. The van der Waals surface area contributed by atoms with Gasteiger partial charge in [0.2, 0.25) is 5.91 Å². The van der Waals surface area contributed by atoms with Crippen molar-refractivity contribution in [3.8, 4) is 0 Å². The van der Waals surface area contributed by atoms with Crippen LogP contribution < -0.4 is 5.32 Å². The van der Waals surface area contributed by atoms with Crippen molar-refractivity contribution in [3.63, 3.8) is 0 Å². The molecule has 1 aromatic carbocycles. The summed E-state index contributed by atoms with van der Waals surface area (Å²) in [4.78, 5) is 14.5. The van der Waals surface area contributed by atoms with Gasteiger partial charge in [-0.3, -0.25) is 4.79 Å². The van der Waals surface area contributed by atoms with E-state index in [0.717, 1.165) is 30.3 Å². The van der Waals surface area contributed by atoms with Gasteiger partial charge in [0, 0.05) is 25.8 Å². The highest BCUT2D eigenvalue weighted by atomic mass is 16.2. The normalized spacial score (nSPS) is 22.1. The Labute approximate surface area is 115 Å². The van der Waals surface area contributed by atoms with Crippen LogP contribution in [0.2, 0.25) is 0 Å². The van der Waals surface area contributed by atoms with Gasteiger partial charge < -0.3 is 10.2 Å². The summed E-state index contributed by atoms with van der Waals surface area (Å²) in [6.07, 6.45) is 5.25. The number of carbonyl (C=O) groups excluding carboxylic acids is 1. The van der Waals surface area contributed by atoms with Crippen LogP contribution in [0.1, 0.15) is 37.2 Å². The topological polar surface area (TPSA) is 32.3 Å². The highest BCUT2D eigenvalue weighted by molar-refractivity contribution is 5.88. The van der Waals surface area contributed by atoms with Gasteiger partial charge in [-0.2, -0.15) is 0 Å². The number of hydrogen-bond acceptors (Lipinski definition) is 2. The molecule has 0 aromatic heterocycles. The molecule has 19 heavy (non-hydrogen) atoms. The van der Waals surface area contributed by atoms with E-state index in [0.29, 0.717) is 0 Å². The van der Waals surface area contributed by atoms with Crippen LogP contribution >= 0.6 is 0 Å². The number of rotatable bonds is 3. The third-order valence-electron chi connectivity index (χ3n) is 4.51. The van der Waals surface area contributed by atoms with Crippen molar-refractivity contribution in [2.45, 2.75) is 31.6 Å². The molecule has 1 fully saturated rings. The van der Waals surface area contributed by atoms with E-state index in [4.69, 9.17) is 0 Å². The van der Waals surface area contributed by atoms with E-state index in [-0.39, 0.29) is 11.8 Å². The van der Waals surface area contributed by atoms with Gasteiger partial charge in [-0.15, -0.1) is 0 Å². The molecule has 1 saturated carbocycles. The van der Waals surface area contributed by atoms with Gasteiger partial charge in [0.25, 0.3) is 0 Å². The lowest BCUT2D eigenvalue weighted by molar-refractivity contribution is -0.131. The van der Waals surface area contributed by atoms with E-state index >= 15 is 0 Å². The monoisotopic (exact) mass is 258 g/mol. The zero-order chi connectivity index (χ0) is 13.2. The van der Waals surface area contributed by atoms with E-state index in [2.05, 4.69) is 17.4 Å². The van der Waals surface area contributed by atoms with Crippen LogP contribution in [0.25, 0.3) is 0 Å². The van der Waals surface area contributed by atoms with E-state index in [9.17, 15) is 4.79 Å². The minimum Gasteiger partial charge on any atom is -0.384 e. The summed E-state index contributed by atoms with van der Waals surface area (Å²) >= 11 is 0. The van der Waals surface area contributed by atoms with Crippen LogP contribution in [0.5, 0.6) is 0 Å². The average molecular weight is 258 g/mol. The van der Waals surface area contributed by atoms with Crippen molar-refractivity contribution in [2.24, 2.45) is 5.92 Å². The number of nitrogens with zero attached hydrogens (tertiary/aromatic N) is 1. The van der Waals surface area contributed by atoms with Gasteiger partial charge in [-0.05, 0) is 30.4 Å². The van der Waals surface area contributed by atoms with Crippen LogP contribution in [0, 0.1) is 5.92 Å². The summed E-state index contributed by atoms with van der Waals surface area (Å²) in [7, 11) is 1.96. The molecule has 3 rings (SSSR count). The fourth-order valence-electron chi connectivity index (χ4n) is 3.44. The molecule has 1 atom stereocenters. The Morgan fingerprint density at radius 3 is 2.84 bits per heavy atom. The summed E-state index contributed by atoms with van der Waals surface area (Å²) in [6.45, 7) is 1.67. The zero-order valence-corrected chi connectivity index (χ0v) is 11.6. The van der Waals surface area contributed by atoms with Gasteiger partial charge in [0.15, 0.2) is 0 Å². The molecule has 1 aliphatic heterocycles. The minimum atomic E-state index is 0.00241. The summed E-state index contributed by atoms with van der Waals surface area (Å²) < 4.78 is 0. The fraction of sp³-hybridized carbons (Fsp3) is 0.562. The first-order valence-electron chi connectivity index (χ1n) is 7.33. The number of nitrogens with one attached hydrogen (secondary N) is 1. The first-order valence-corrected chi connectivity index (χ1v) is 7.33. The maximum Gasteiger partial charge on any atom is 0.231 e. The Kier molecular flexibility index (Phi) is 3.45. The maximum atomic E-state index is 12.6. The second kappa shape index (κ2) is 5.24. The Balaban J connectivity index is 1.67. The molecule has 3 heteroatoms. The van der Waals surface area contributed by atoms with Crippen LogP contribution in [-0.2, 0) is 4.79 Å². The number of amides is 1. The highest BCUT2D eigenvalue weighted by Gasteiger charge is 2.31. The predicted molar refractivity (Wildman–Crippen MR) is 77.3 cm³/mol. The van der Waals surface area contributed by atoms with E-state index in [1.807, 2.05) is 24.1 Å². The molecule has 1 N–H and O–H groups in total. The molecule has 1 amide bonds. The van der Waals surface area contributed by atoms with E-state index in [1.54, 1.807) is 0 Å². The summed E-state index contributed by atoms with van der Waals surface area (Å²) in [5.41, 5.74) is 2.28. The lowest BCUT2D eigenvalue weighted by atomic mass is 9.99. The molecule has 3 nitrogen and oxygen atoms in total. The molecular formula is C16H22N2O. The molecule has 102 valence electrons. The number of benzene rings is 1. The van der Waals surface area contributed by atoms with E-state index in [1.165, 1.54) is 25.7 Å². The standard InChI is InChI=1S/C16H22N2O/c1-18(11-12-6-2-3-7-12)16(19)14-10-17-15-9-5-4-8-13(14)15/h4-5,8-9,12,14,17H,2-3,6-7,10-11H2,1H3. The minimum absolute atomic E-state index is 0.00241. The number of likely N-dealkylation sites (N-methyl/N-ethyl adjacent to an activating group) is 1. The van der Waals surface area contributed by atoms with Gasteiger partial charge in [0.05, 0.1) is 5.92 Å². The van der Waals surface area contributed by atoms with Gasteiger partial charge in [-0.1, -0.05) is 31.0 Å². The van der Waals surface area contributed by atoms with Crippen molar-refractivity contribution in [3.05, 3.63) is 29.8 Å². The molecule has 1 heterocycles. The van der Waals surface area contributed by atoms with Crippen molar-refractivity contribution in [1.82, 2.24) is 4.90 Å². The summed E-state index contributed by atoms with van der Waals surface area (Å²) in [5, 5.41) is 3.33. The maximum absolute atomic E-state index is 12.6. The van der Waals surface area contributed by atoms with Crippen molar-refractivity contribution in [1.29, 1.82) is 0 Å². The van der Waals surface area contributed by atoms with Gasteiger partial charge >= 0.3 is 0 Å². The fourth-order valence-corrected chi connectivity index (χ4v) is 3.44. The van der Waals surface area contributed by atoms with Crippen LogP contribution in [0.4, 0.5) is 5.69 Å². The molecule has 0 spiro atoms. The number of hydrogen-bond donors (Lipinski definition) is 1. The molecule has 1 aliphatic carbocycles. The second-order valence-electron chi connectivity index (χ2n) is 5.89. The second-order valence-corrected chi connectivity index (χ2v) is 5.89. The number of fused-ring (bicyclic) bond motifs is 1. The molecule has 0 bridgehead atoms. The quantitative estimate of drug-likeness (QED) is 0.904. The summed E-state index contributed by atoms with van der Waals surface area (Å²) in [5.74, 6) is 0.991. The van der Waals surface area contributed by atoms with Crippen LogP contribution in [0.15, 0.2) is 24.3 Å². The lowest BCUT2D eigenvalue weighted by Crippen LogP contribution is -2.35. The molecule has 2 aliphatic rings. The third-order valence-corrected chi connectivity index (χ3v) is 4.51. The molecule has 1 aromatic rings. The number of carbonyl (C=O) groups is 1. The largest absolute Gasteiger partial charge is 0.384 e. The lowest BCUT2D eigenvalue weighted by Gasteiger charge is -2.24.